The van der Waals surface area contributed by atoms with E-state index in [1.807, 2.05) is 25.7 Å². The number of fused-ring (bicyclic) bond motifs is 3. The quantitative estimate of drug-likeness (QED) is 0.738. The molecule has 0 unspecified atom stereocenters. The number of hydrogen-bond donors (Lipinski definition) is 1. The van der Waals surface area contributed by atoms with Crippen molar-refractivity contribution in [3.63, 3.8) is 0 Å². The average molecular weight is 392 g/mol. The monoisotopic (exact) mass is 391 g/mol. The van der Waals surface area contributed by atoms with Gasteiger partial charge in [0.2, 0.25) is 5.91 Å². The Morgan fingerprint density at radius 3 is 2.36 bits per heavy atom. The molecule has 3 saturated carbocycles. The minimum atomic E-state index is -0.817. The predicted molar refractivity (Wildman–Crippen MR) is 108 cm³/mol. The first kappa shape index (κ1) is 21.3. The first-order valence-electron chi connectivity index (χ1n) is 11.2. The van der Waals surface area contributed by atoms with Crippen molar-refractivity contribution in [1.82, 2.24) is 4.90 Å². The van der Waals surface area contributed by atoms with Crippen LogP contribution < -0.4 is 0 Å². The van der Waals surface area contributed by atoms with Crippen molar-refractivity contribution in [2.24, 2.45) is 34.5 Å². The molecule has 6 atom stereocenters. The summed E-state index contributed by atoms with van der Waals surface area (Å²) in [7, 11) is 0. The number of rotatable bonds is 6. The number of carboxylic acid groups (broad SMARTS) is 1. The molecule has 3 aliphatic carbocycles. The number of aliphatic carboxylic acids is 1. The number of nitrogens with zero attached hydrogens (tertiary/aromatic N) is 1. The maximum absolute atomic E-state index is 13.2. The highest BCUT2D eigenvalue weighted by molar-refractivity contribution is 5.86. The molecular formula is C23H37NO4. The molecule has 28 heavy (non-hydrogen) atoms. The van der Waals surface area contributed by atoms with Crippen LogP contribution in [0.25, 0.3) is 0 Å². The number of ketones is 1. The molecule has 0 bridgehead atoms. The van der Waals surface area contributed by atoms with Crippen LogP contribution in [0.1, 0.15) is 79.1 Å². The highest BCUT2D eigenvalue weighted by Gasteiger charge is 2.60. The van der Waals surface area contributed by atoms with Gasteiger partial charge in [-0.3, -0.25) is 14.4 Å². The molecule has 3 aliphatic rings. The Bertz CT molecular complexity index is 643. The number of amides is 1. The van der Waals surface area contributed by atoms with E-state index in [1.54, 1.807) is 0 Å². The smallest absolute Gasteiger partial charge is 0.303 e. The lowest BCUT2D eigenvalue weighted by molar-refractivity contribution is -0.152. The first-order valence-corrected chi connectivity index (χ1v) is 11.2. The number of carbonyl (C=O) groups excluding carboxylic acids is 2. The van der Waals surface area contributed by atoms with Gasteiger partial charge in [-0.2, -0.15) is 0 Å². The maximum Gasteiger partial charge on any atom is 0.303 e. The zero-order chi connectivity index (χ0) is 20.7. The Morgan fingerprint density at radius 2 is 1.75 bits per heavy atom. The van der Waals surface area contributed by atoms with Crippen molar-refractivity contribution in [3.05, 3.63) is 0 Å². The van der Waals surface area contributed by atoms with E-state index >= 15 is 0 Å². The van der Waals surface area contributed by atoms with E-state index in [2.05, 4.69) is 6.92 Å². The van der Waals surface area contributed by atoms with Gasteiger partial charge in [-0.25, -0.2) is 0 Å². The number of carbonyl (C=O) groups is 3. The molecule has 1 amide bonds. The van der Waals surface area contributed by atoms with Crippen molar-refractivity contribution in [3.8, 4) is 0 Å². The van der Waals surface area contributed by atoms with E-state index in [4.69, 9.17) is 0 Å². The number of Topliss-reactive ketones (excluding diaryl/α,β-unsaturated/α-hetero) is 1. The van der Waals surface area contributed by atoms with Crippen molar-refractivity contribution < 1.29 is 19.5 Å². The van der Waals surface area contributed by atoms with Gasteiger partial charge in [-0.05, 0) is 75.5 Å². The summed E-state index contributed by atoms with van der Waals surface area (Å²) in [6, 6.07) is 0. The standard InChI is InChI=1S/C23H37NO4/c1-5-24(6-2)21(28)18-9-8-16-15-7-10-19(25)23(4,14-12-20(26)27)17(15)11-13-22(16,18)3/h15-18H,5-14H2,1-4H3,(H,26,27)/t15-,16-,17+,18+,22+,23-/m0/s1. The number of carboxylic acids is 1. The van der Waals surface area contributed by atoms with Crippen LogP contribution in [0.15, 0.2) is 0 Å². The molecule has 0 aromatic heterocycles. The second kappa shape index (κ2) is 7.79. The Kier molecular flexibility index (Phi) is 5.94. The Hall–Kier alpha value is -1.39. The van der Waals surface area contributed by atoms with Crippen LogP contribution in [-0.2, 0) is 14.4 Å². The molecule has 158 valence electrons. The average Bonchev–Trinajstić information content (AvgIpc) is 3.01. The van der Waals surface area contributed by atoms with E-state index in [-0.39, 0.29) is 29.5 Å². The minimum Gasteiger partial charge on any atom is -0.481 e. The molecule has 0 radical (unpaired) electrons. The number of hydrogen-bond acceptors (Lipinski definition) is 3. The van der Waals surface area contributed by atoms with Crippen LogP contribution in [0, 0.1) is 34.5 Å². The summed E-state index contributed by atoms with van der Waals surface area (Å²) in [5.41, 5.74) is -0.488. The van der Waals surface area contributed by atoms with E-state index < -0.39 is 11.4 Å². The van der Waals surface area contributed by atoms with E-state index in [0.29, 0.717) is 30.6 Å². The van der Waals surface area contributed by atoms with Gasteiger partial charge in [0.05, 0.1) is 0 Å². The third kappa shape index (κ3) is 3.29. The summed E-state index contributed by atoms with van der Waals surface area (Å²) >= 11 is 0. The molecule has 0 heterocycles. The second-order valence-electron chi connectivity index (χ2n) is 9.83. The zero-order valence-electron chi connectivity index (χ0n) is 18.0. The van der Waals surface area contributed by atoms with Crippen LogP contribution >= 0.6 is 0 Å². The fourth-order valence-corrected chi connectivity index (χ4v) is 7.12. The van der Waals surface area contributed by atoms with Gasteiger partial charge in [0.1, 0.15) is 5.78 Å². The molecule has 0 aliphatic heterocycles. The lowest BCUT2D eigenvalue weighted by Crippen LogP contribution is -2.53. The van der Waals surface area contributed by atoms with Gasteiger partial charge in [-0.15, -0.1) is 0 Å². The fourth-order valence-electron chi connectivity index (χ4n) is 7.12. The molecule has 0 spiro atoms. The molecule has 0 saturated heterocycles. The molecule has 0 aromatic rings. The minimum absolute atomic E-state index is 0.0228. The van der Waals surface area contributed by atoms with Crippen LogP contribution in [0.3, 0.4) is 0 Å². The van der Waals surface area contributed by atoms with Crippen molar-refractivity contribution in [2.45, 2.75) is 79.1 Å². The summed E-state index contributed by atoms with van der Waals surface area (Å²) in [5.74, 6) is 1.05. The fraction of sp³-hybridized carbons (Fsp3) is 0.870. The van der Waals surface area contributed by atoms with Crippen LogP contribution in [0.5, 0.6) is 0 Å². The maximum atomic E-state index is 13.2. The van der Waals surface area contributed by atoms with Crippen molar-refractivity contribution in [2.75, 3.05) is 13.1 Å². The Labute approximate surface area is 169 Å². The predicted octanol–water partition coefficient (Wildman–Crippen LogP) is 4.15. The van der Waals surface area contributed by atoms with Gasteiger partial charge in [0.25, 0.3) is 0 Å². The van der Waals surface area contributed by atoms with Crippen molar-refractivity contribution in [1.29, 1.82) is 0 Å². The zero-order valence-corrected chi connectivity index (χ0v) is 18.0. The van der Waals surface area contributed by atoms with Gasteiger partial charge in [0, 0.05) is 37.3 Å². The third-order valence-electron chi connectivity index (χ3n) is 8.83. The van der Waals surface area contributed by atoms with Crippen LogP contribution in [-0.4, -0.2) is 40.8 Å². The summed E-state index contributed by atoms with van der Waals surface area (Å²) in [5, 5.41) is 9.17. The third-order valence-corrected chi connectivity index (χ3v) is 8.83. The lowest BCUT2D eigenvalue weighted by Gasteiger charge is -2.55. The first-order chi connectivity index (χ1) is 13.2. The summed E-state index contributed by atoms with van der Waals surface area (Å²) in [4.78, 5) is 39.2. The summed E-state index contributed by atoms with van der Waals surface area (Å²) in [6.45, 7) is 9.96. The van der Waals surface area contributed by atoms with Crippen molar-refractivity contribution >= 4 is 17.7 Å². The lowest BCUT2D eigenvalue weighted by atomic mass is 9.48. The molecule has 0 aromatic carbocycles. The SMILES string of the molecule is CCN(CC)C(=O)[C@H]1CC[C@H]2[C@@H]3CCC(=O)[C@@](C)(CCC(=O)O)[C@@H]3CC[C@@]12C. The molecular weight excluding hydrogens is 354 g/mol. The summed E-state index contributed by atoms with van der Waals surface area (Å²) in [6.07, 6.45) is 5.95. The highest BCUT2D eigenvalue weighted by Crippen LogP contribution is 2.64. The van der Waals surface area contributed by atoms with Crippen LogP contribution in [0.4, 0.5) is 0 Å². The van der Waals surface area contributed by atoms with Gasteiger partial charge in [-0.1, -0.05) is 13.8 Å². The van der Waals surface area contributed by atoms with Crippen LogP contribution in [0.2, 0.25) is 0 Å². The topological polar surface area (TPSA) is 74.7 Å². The Balaban J connectivity index is 1.84. The van der Waals surface area contributed by atoms with E-state index in [9.17, 15) is 19.5 Å². The molecule has 1 N–H and O–H groups in total. The van der Waals surface area contributed by atoms with Gasteiger partial charge < -0.3 is 10.0 Å². The molecule has 3 fully saturated rings. The molecule has 5 nitrogen and oxygen atoms in total. The Morgan fingerprint density at radius 1 is 1.07 bits per heavy atom. The van der Waals surface area contributed by atoms with E-state index in [0.717, 1.165) is 45.2 Å². The summed E-state index contributed by atoms with van der Waals surface area (Å²) < 4.78 is 0. The van der Waals surface area contributed by atoms with Gasteiger partial charge >= 0.3 is 5.97 Å². The molecule has 3 rings (SSSR count). The second-order valence-corrected chi connectivity index (χ2v) is 9.83. The normalized spacial score (nSPS) is 39.9. The van der Waals surface area contributed by atoms with Gasteiger partial charge in [0.15, 0.2) is 0 Å². The molecule has 5 heteroatoms. The largest absolute Gasteiger partial charge is 0.481 e. The van der Waals surface area contributed by atoms with E-state index in [1.165, 1.54) is 0 Å². The highest BCUT2D eigenvalue weighted by atomic mass is 16.4.